The largest absolute Gasteiger partial charge is 0.508 e. The number of aryl methyl sites for hydroxylation is 1. The van der Waals surface area contributed by atoms with Crippen LogP contribution in [-0.4, -0.2) is 27.9 Å². The highest BCUT2D eigenvalue weighted by atomic mass is 16.4. The van der Waals surface area contributed by atoms with Crippen LogP contribution < -0.4 is 0 Å². The van der Waals surface area contributed by atoms with Crippen molar-refractivity contribution in [2.24, 2.45) is 5.92 Å². The van der Waals surface area contributed by atoms with E-state index in [0.717, 1.165) is 5.56 Å². The molecule has 0 amide bonds. The molecular formula is C14H20O4. The number of rotatable bonds is 3. The number of carbonyl (C=O) groups is 1. The van der Waals surface area contributed by atoms with E-state index in [1.165, 1.54) is 0 Å². The first-order chi connectivity index (χ1) is 8.29. The summed E-state index contributed by atoms with van der Waals surface area (Å²) in [5.41, 5.74) is 1.60. The molecule has 0 bridgehead atoms. The SMILES string of the molecule is CC(C)C(=O)O.[CH2][C](CO)c1ccc(C)cc1O. The van der Waals surface area contributed by atoms with E-state index in [0.29, 0.717) is 11.5 Å². The Bertz CT molecular complexity index is 385. The monoisotopic (exact) mass is 252 g/mol. The van der Waals surface area contributed by atoms with Crippen molar-refractivity contribution in [3.63, 3.8) is 0 Å². The van der Waals surface area contributed by atoms with Crippen molar-refractivity contribution in [1.82, 2.24) is 0 Å². The van der Waals surface area contributed by atoms with Crippen LogP contribution in [0, 0.1) is 25.7 Å². The molecule has 0 aliphatic rings. The molecule has 0 aliphatic heterocycles. The lowest BCUT2D eigenvalue weighted by molar-refractivity contribution is -0.140. The average molecular weight is 252 g/mol. The molecule has 0 atom stereocenters. The van der Waals surface area contributed by atoms with Crippen LogP contribution >= 0.6 is 0 Å². The van der Waals surface area contributed by atoms with Crippen LogP contribution in [-0.2, 0) is 4.79 Å². The van der Waals surface area contributed by atoms with Crippen LogP contribution in [0.25, 0.3) is 0 Å². The molecule has 0 fully saturated rings. The van der Waals surface area contributed by atoms with E-state index in [4.69, 9.17) is 10.2 Å². The Balaban J connectivity index is 0.000000411. The molecule has 4 nitrogen and oxygen atoms in total. The Morgan fingerprint density at radius 1 is 1.39 bits per heavy atom. The van der Waals surface area contributed by atoms with Crippen LogP contribution in [0.2, 0.25) is 0 Å². The molecule has 18 heavy (non-hydrogen) atoms. The minimum absolute atomic E-state index is 0.128. The molecule has 0 saturated heterocycles. The molecule has 1 rings (SSSR count). The fourth-order valence-electron chi connectivity index (χ4n) is 1.03. The number of carboxylic acids is 1. The number of benzene rings is 1. The fourth-order valence-corrected chi connectivity index (χ4v) is 1.03. The summed E-state index contributed by atoms with van der Waals surface area (Å²) in [5.74, 6) is -0.262. The van der Waals surface area contributed by atoms with Gasteiger partial charge in [0.2, 0.25) is 0 Å². The molecule has 2 radical (unpaired) electrons. The van der Waals surface area contributed by atoms with E-state index in [1.54, 1.807) is 26.0 Å². The first kappa shape index (κ1) is 16.4. The first-order valence-electron chi connectivity index (χ1n) is 5.61. The second-order valence-corrected chi connectivity index (χ2v) is 4.28. The summed E-state index contributed by atoms with van der Waals surface area (Å²) >= 11 is 0. The Morgan fingerprint density at radius 3 is 2.22 bits per heavy atom. The van der Waals surface area contributed by atoms with Gasteiger partial charge in [-0.15, -0.1) is 0 Å². The smallest absolute Gasteiger partial charge is 0.305 e. The summed E-state index contributed by atoms with van der Waals surface area (Å²) < 4.78 is 0. The molecule has 0 heterocycles. The Morgan fingerprint density at radius 2 is 1.89 bits per heavy atom. The molecule has 0 unspecified atom stereocenters. The maximum Gasteiger partial charge on any atom is 0.305 e. The highest BCUT2D eigenvalue weighted by Crippen LogP contribution is 2.24. The quantitative estimate of drug-likeness (QED) is 0.770. The van der Waals surface area contributed by atoms with E-state index in [2.05, 4.69) is 6.92 Å². The summed E-state index contributed by atoms with van der Waals surface area (Å²) in [5, 5.41) is 26.2. The average Bonchev–Trinajstić information content (AvgIpc) is 2.28. The summed E-state index contributed by atoms with van der Waals surface area (Å²) in [4.78, 5) is 9.70. The van der Waals surface area contributed by atoms with E-state index in [9.17, 15) is 9.90 Å². The van der Waals surface area contributed by atoms with Gasteiger partial charge in [0, 0.05) is 11.5 Å². The zero-order chi connectivity index (χ0) is 14.3. The van der Waals surface area contributed by atoms with Crippen LogP contribution in [0.3, 0.4) is 0 Å². The van der Waals surface area contributed by atoms with Crippen molar-refractivity contribution in [3.8, 4) is 5.75 Å². The van der Waals surface area contributed by atoms with Crippen LogP contribution in [0.5, 0.6) is 5.75 Å². The molecule has 0 aliphatic carbocycles. The maximum absolute atomic E-state index is 9.70. The molecule has 0 spiro atoms. The van der Waals surface area contributed by atoms with Gasteiger partial charge < -0.3 is 15.3 Å². The number of aliphatic hydroxyl groups excluding tert-OH is 1. The number of aliphatic carboxylic acids is 1. The Hall–Kier alpha value is -1.55. The lowest BCUT2D eigenvalue weighted by atomic mass is 10.00. The number of phenols is 1. The number of hydrogen-bond acceptors (Lipinski definition) is 3. The van der Waals surface area contributed by atoms with Gasteiger partial charge in [0.25, 0.3) is 0 Å². The van der Waals surface area contributed by atoms with E-state index < -0.39 is 5.97 Å². The minimum Gasteiger partial charge on any atom is -0.508 e. The van der Waals surface area contributed by atoms with Gasteiger partial charge in [0.15, 0.2) is 0 Å². The zero-order valence-corrected chi connectivity index (χ0v) is 11.0. The molecule has 3 N–H and O–H groups in total. The van der Waals surface area contributed by atoms with Gasteiger partial charge in [-0.2, -0.15) is 0 Å². The topological polar surface area (TPSA) is 77.8 Å². The third-order valence-corrected chi connectivity index (χ3v) is 2.22. The number of aliphatic hydroxyl groups is 1. The molecule has 0 saturated carbocycles. The number of carboxylic acid groups (broad SMARTS) is 1. The fraction of sp³-hybridized carbons (Fsp3) is 0.357. The van der Waals surface area contributed by atoms with Crippen molar-refractivity contribution >= 4 is 5.97 Å². The zero-order valence-electron chi connectivity index (χ0n) is 11.0. The van der Waals surface area contributed by atoms with Crippen LogP contribution in [0.1, 0.15) is 25.0 Å². The normalized spacial score (nSPS) is 10.2. The third kappa shape index (κ3) is 5.68. The van der Waals surface area contributed by atoms with Crippen molar-refractivity contribution in [2.45, 2.75) is 20.8 Å². The third-order valence-electron chi connectivity index (χ3n) is 2.22. The predicted molar refractivity (Wildman–Crippen MR) is 70.1 cm³/mol. The summed E-state index contributed by atoms with van der Waals surface area (Å²) in [6, 6.07) is 5.27. The minimum atomic E-state index is -0.741. The van der Waals surface area contributed by atoms with Crippen LogP contribution in [0.15, 0.2) is 18.2 Å². The van der Waals surface area contributed by atoms with Gasteiger partial charge >= 0.3 is 5.97 Å². The molecule has 1 aromatic rings. The molecule has 100 valence electrons. The summed E-state index contributed by atoms with van der Waals surface area (Å²) in [6.45, 7) is 8.67. The standard InChI is InChI=1S/C10H12O2.C4H8O2/c1-7-3-4-9(8(2)6-11)10(12)5-7;1-3(2)4(5)6/h3-5,11-12H,2,6H2,1H3;3H,1-2H3,(H,5,6). The number of hydrogen-bond donors (Lipinski definition) is 3. The second-order valence-electron chi connectivity index (χ2n) is 4.28. The maximum atomic E-state index is 9.70. The van der Waals surface area contributed by atoms with Gasteiger partial charge in [0.1, 0.15) is 5.75 Å². The Kier molecular flexibility index (Phi) is 7.05. The molecule has 4 heteroatoms. The van der Waals surface area contributed by atoms with Crippen LogP contribution in [0.4, 0.5) is 0 Å². The van der Waals surface area contributed by atoms with Gasteiger partial charge in [-0.1, -0.05) is 26.0 Å². The van der Waals surface area contributed by atoms with Crippen molar-refractivity contribution in [3.05, 3.63) is 42.2 Å². The molecule has 0 aromatic heterocycles. The predicted octanol–water partition coefficient (Wildman–Crippen LogP) is 2.18. The molecular weight excluding hydrogens is 232 g/mol. The lowest BCUT2D eigenvalue weighted by Gasteiger charge is -2.09. The van der Waals surface area contributed by atoms with E-state index in [-0.39, 0.29) is 18.3 Å². The summed E-state index contributed by atoms with van der Waals surface area (Å²) in [6.07, 6.45) is 0. The van der Waals surface area contributed by atoms with Gasteiger partial charge in [0.05, 0.1) is 12.5 Å². The van der Waals surface area contributed by atoms with Crippen molar-refractivity contribution < 1.29 is 20.1 Å². The molecule has 1 aromatic carbocycles. The van der Waals surface area contributed by atoms with Gasteiger partial charge in [-0.3, -0.25) is 4.79 Å². The van der Waals surface area contributed by atoms with E-state index >= 15 is 0 Å². The second kappa shape index (κ2) is 7.71. The number of phenolic OH excluding ortho intramolecular Hbond substituents is 1. The van der Waals surface area contributed by atoms with E-state index in [1.807, 2.05) is 13.0 Å². The van der Waals surface area contributed by atoms with Crippen molar-refractivity contribution in [2.75, 3.05) is 6.61 Å². The highest BCUT2D eigenvalue weighted by Gasteiger charge is 2.09. The highest BCUT2D eigenvalue weighted by molar-refractivity contribution is 5.68. The lowest BCUT2D eigenvalue weighted by Crippen LogP contribution is -2.03. The Labute approximate surface area is 108 Å². The first-order valence-corrected chi connectivity index (χ1v) is 5.61. The van der Waals surface area contributed by atoms with Crippen molar-refractivity contribution in [1.29, 1.82) is 0 Å². The van der Waals surface area contributed by atoms with Gasteiger partial charge in [-0.25, -0.2) is 0 Å². The summed E-state index contributed by atoms with van der Waals surface area (Å²) in [7, 11) is 0. The number of aromatic hydroxyl groups is 1. The van der Waals surface area contributed by atoms with Gasteiger partial charge in [-0.05, 0) is 25.5 Å².